The summed E-state index contributed by atoms with van der Waals surface area (Å²) >= 11 is 0. The molecule has 0 fully saturated rings. The molecule has 0 N–H and O–H groups in total. The van der Waals surface area contributed by atoms with Gasteiger partial charge in [0.2, 0.25) is 0 Å². The van der Waals surface area contributed by atoms with Gasteiger partial charge in [0.05, 0.1) is 0 Å². The van der Waals surface area contributed by atoms with E-state index in [0.29, 0.717) is 0 Å². The maximum absolute atomic E-state index is 2.23. The van der Waals surface area contributed by atoms with E-state index in [1.807, 2.05) is 0 Å². The van der Waals surface area contributed by atoms with E-state index in [1.54, 1.807) is 0 Å². The Bertz CT molecular complexity index is 343. The zero-order valence-electron chi connectivity index (χ0n) is 13.7. The Labute approximate surface area is 146 Å². The van der Waals surface area contributed by atoms with Gasteiger partial charge in [0.1, 0.15) is 0 Å². The largest absolute Gasteiger partial charge is 4.00 e. The van der Waals surface area contributed by atoms with E-state index in [4.69, 9.17) is 0 Å². The van der Waals surface area contributed by atoms with E-state index < -0.39 is 0 Å². The monoisotopic (exact) mass is 438 g/mol. The molecule has 110 valence electrons. The maximum Gasteiger partial charge on any atom is 4.00 e. The van der Waals surface area contributed by atoms with Crippen LogP contribution in [0.25, 0.3) is 0 Å². The normalized spacial score (nSPS) is 8.30. The molecule has 0 amide bonds. The molecule has 2 rings (SSSR count). The van der Waals surface area contributed by atoms with Crippen LogP contribution in [0.2, 0.25) is 0 Å². The fourth-order valence-electron chi connectivity index (χ4n) is 1.83. The van der Waals surface area contributed by atoms with Crippen LogP contribution in [-0.2, 0) is 38.7 Å². The summed E-state index contributed by atoms with van der Waals surface area (Å²) in [5.41, 5.74) is 2.95. The third kappa shape index (κ3) is 11.4. The molecule has 0 aliphatic rings. The minimum atomic E-state index is 0. The summed E-state index contributed by atoms with van der Waals surface area (Å²) in [5.74, 6) is 0. The van der Waals surface area contributed by atoms with E-state index in [-0.39, 0.29) is 40.7 Å². The molecule has 0 radical (unpaired) electrons. The van der Waals surface area contributed by atoms with Crippen LogP contribution in [0.5, 0.6) is 0 Å². The van der Waals surface area contributed by atoms with Gasteiger partial charge in [0.15, 0.2) is 0 Å². The number of aryl methyl sites for hydroxylation is 2. The van der Waals surface area contributed by atoms with Gasteiger partial charge in [0.25, 0.3) is 0 Å². The fourth-order valence-corrected chi connectivity index (χ4v) is 1.83. The molecule has 0 aliphatic heterocycles. The van der Waals surface area contributed by atoms with Crippen LogP contribution in [0.15, 0.2) is 48.5 Å². The summed E-state index contributed by atoms with van der Waals surface area (Å²) < 4.78 is 0. The van der Waals surface area contributed by atoms with E-state index in [2.05, 4.69) is 62.4 Å². The van der Waals surface area contributed by atoms with Gasteiger partial charge in [-0.15, -0.1) is 0 Å². The number of rotatable bonds is 5. The van der Waals surface area contributed by atoms with E-state index in [9.17, 15) is 0 Å². The predicted octanol–water partition coefficient (Wildman–Crippen LogP) is 6.00. The van der Waals surface area contributed by atoms with Crippen LogP contribution < -0.4 is 0 Å². The van der Waals surface area contributed by atoms with E-state index in [1.165, 1.54) is 43.2 Å². The Morgan fingerprint density at radius 3 is 1.40 bits per heavy atom. The molecule has 2 aromatic rings. The zero-order chi connectivity index (χ0) is 12.3. The summed E-state index contributed by atoms with van der Waals surface area (Å²) in [7, 11) is 0. The second kappa shape index (κ2) is 16.6. The van der Waals surface area contributed by atoms with Gasteiger partial charge in [-0.3, -0.25) is 0 Å². The Morgan fingerprint density at radius 1 is 0.650 bits per heavy atom. The van der Waals surface area contributed by atoms with Crippen molar-refractivity contribution < 1.29 is 25.8 Å². The third-order valence-corrected chi connectivity index (χ3v) is 2.82. The molecule has 0 atom stereocenters. The van der Waals surface area contributed by atoms with Gasteiger partial charge in [-0.25, -0.2) is 24.3 Å². The van der Waals surface area contributed by atoms with Crippen molar-refractivity contribution in [3.63, 3.8) is 0 Å². The van der Waals surface area contributed by atoms with Crippen molar-refractivity contribution in [1.82, 2.24) is 0 Å². The first-order valence-corrected chi connectivity index (χ1v) is 6.78. The molecule has 0 unspecified atom stereocenters. The predicted molar refractivity (Wildman–Crippen MR) is 89.5 cm³/mol. The molecule has 1 heteroatoms. The second-order valence-electron chi connectivity index (χ2n) is 4.44. The quantitative estimate of drug-likeness (QED) is 0.398. The summed E-state index contributed by atoms with van der Waals surface area (Å²) in [4.78, 5) is 0. The molecule has 0 bridgehead atoms. The van der Waals surface area contributed by atoms with Crippen LogP contribution in [0.4, 0.5) is 0 Å². The van der Waals surface area contributed by atoms with Crippen molar-refractivity contribution in [2.24, 2.45) is 0 Å². The molecule has 0 heterocycles. The van der Waals surface area contributed by atoms with Gasteiger partial charge in [-0.05, 0) is 0 Å². The first kappa shape index (κ1) is 24.6. The zero-order valence-corrected chi connectivity index (χ0v) is 17.2. The summed E-state index contributed by atoms with van der Waals surface area (Å²) in [5, 5.41) is 0. The van der Waals surface area contributed by atoms with Crippen molar-refractivity contribution in [2.75, 3.05) is 0 Å². The first-order valence-electron chi connectivity index (χ1n) is 6.78. The average Bonchev–Trinajstić information content (AvgIpc) is 3.00. The van der Waals surface area contributed by atoms with Crippen LogP contribution in [0.1, 0.15) is 44.2 Å². The molecule has 0 aliphatic carbocycles. The second-order valence-corrected chi connectivity index (χ2v) is 4.44. The number of unbranched alkanes of at least 4 members (excludes halogenated alkanes) is 1. The Hall–Kier alpha value is -0.430. The topological polar surface area (TPSA) is 0 Å². The molecule has 0 spiro atoms. The van der Waals surface area contributed by atoms with Crippen molar-refractivity contribution in [3.8, 4) is 0 Å². The molecular weight excluding hydrogens is 407 g/mol. The average molecular weight is 437 g/mol. The number of hydrogen-bond acceptors (Lipinski definition) is 0. The van der Waals surface area contributed by atoms with Gasteiger partial charge in [0, 0.05) is 0 Å². The molecule has 0 nitrogen and oxygen atoms in total. The molecule has 0 aromatic heterocycles. The molecule has 2 aromatic carbocycles. The van der Waals surface area contributed by atoms with E-state index >= 15 is 0 Å². The van der Waals surface area contributed by atoms with Crippen molar-refractivity contribution in [1.29, 1.82) is 0 Å². The third-order valence-electron chi connectivity index (χ3n) is 2.82. The molecule has 20 heavy (non-hydrogen) atoms. The Morgan fingerprint density at radius 2 is 1.05 bits per heavy atom. The smallest absolute Gasteiger partial charge is 0.358 e. The van der Waals surface area contributed by atoms with Crippen LogP contribution >= 0.6 is 0 Å². The van der Waals surface area contributed by atoms with E-state index in [0.717, 1.165) is 0 Å². The van der Waals surface area contributed by atoms with Gasteiger partial charge >= 0.3 is 25.8 Å². The molecular formula is C19H30Hf. The minimum absolute atomic E-state index is 0. The van der Waals surface area contributed by atoms with Crippen LogP contribution in [-0.4, -0.2) is 0 Å². The Balaban J connectivity index is -0.000000252. The van der Waals surface area contributed by atoms with Gasteiger partial charge < -0.3 is 14.9 Å². The summed E-state index contributed by atoms with van der Waals surface area (Å²) in [6.07, 6.45) is 6.36. The summed E-state index contributed by atoms with van der Waals surface area (Å²) in [6, 6.07) is 17.1. The summed E-state index contributed by atoms with van der Waals surface area (Å²) in [6.45, 7) is 4.43. The van der Waals surface area contributed by atoms with Crippen molar-refractivity contribution >= 4 is 0 Å². The molecule has 0 saturated heterocycles. The SMILES string of the molecule is CCCC[c-]1cccc1.CCC[c-]1cccc1.[CH3-].[CH3-].[Hf+4]. The minimum Gasteiger partial charge on any atom is -0.358 e. The maximum atomic E-state index is 2.23. The Kier molecular flexibility index (Phi) is 20.4. The van der Waals surface area contributed by atoms with Crippen LogP contribution in [0.3, 0.4) is 0 Å². The van der Waals surface area contributed by atoms with Crippen molar-refractivity contribution in [2.45, 2.75) is 46.0 Å². The van der Waals surface area contributed by atoms with Crippen molar-refractivity contribution in [3.05, 3.63) is 74.5 Å². The van der Waals surface area contributed by atoms with Gasteiger partial charge in [-0.2, -0.15) is 35.4 Å². The first-order chi connectivity index (χ1) is 8.36. The van der Waals surface area contributed by atoms with Crippen LogP contribution in [0, 0.1) is 14.9 Å². The number of hydrogen-bond donors (Lipinski definition) is 0. The van der Waals surface area contributed by atoms with Gasteiger partial charge in [-0.1, -0.05) is 46.0 Å². The standard InChI is InChI=1S/C9H13.C8H11.2CH3.Hf/c1-2-3-6-9-7-4-5-8-9;1-2-5-8-6-3-4-7-8;;;/h4-5,7-8H,2-3,6H2,1H3;3-4,6-7H,2,5H2,1H3;2*1H3;/q4*-1;+4. The fraction of sp³-hybridized carbons (Fsp3) is 0.368. The molecule has 0 saturated carbocycles.